The van der Waals surface area contributed by atoms with E-state index in [4.69, 9.17) is 0 Å². The fourth-order valence-electron chi connectivity index (χ4n) is 3.87. The van der Waals surface area contributed by atoms with Gasteiger partial charge >= 0.3 is 0 Å². The predicted molar refractivity (Wildman–Crippen MR) is 87.6 cm³/mol. The number of carbonyl (C=O) groups is 1. The minimum Gasteiger partial charge on any atom is -0.352 e. The van der Waals surface area contributed by atoms with Crippen LogP contribution in [0.1, 0.15) is 50.5 Å². The summed E-state index contributed by atoms with van der Waals surface area (Å²) in [4.78, 5) is 18.9. The Morgan fingerprint density at radius 2 is 2.09 bits per heavy atom. The molecule has 1 atom stereocenters. The Hall–Kier alpha value is -1.42. The van der Waals surface area contributed by atoms with Gasteiger partial charge in [-0.3, -0.25) is 14.7 Å². The van der Waals surface area contributed by atoms with Crippen molar-refractivity contribution in [3.63, 3.8) is 0 Å². The average molecular weight is 301 g/mol. The summed E-state index contributed by atoms with van der Waals surface area (Å²) in [6, 6.07) is 4.92. The van der Waals surface area contributed by atoms with E-state index in [2.05, 4.69) is 15.2 Å². The van der Waals surface area contributed by atoms with Gasteiger partial charge in [-0.05, 0) is 43.9 Å². The molecule has 1 aromatic heterocycles. The molecule has 0 bridgehead atoms. The molecule has 22 heavy (non-hydrogen) atoms. The van der Waals surface area contributed by atoms with E-state index in [-0.39, 0.29) is 5.91 Å². The Labute approximate surface area is 133 Å². The van der Waals surface area contributed by atoms with Gasteiger partial charge in [0.25, 0.3) is 0 Å². The number of piperidine rings is 1. The van der Waals surface area contributed by atoms with Crippen molar-refractivity contribution in [2.75, 3.05) is 13.1 Å². The molecule has 2 fully saturated rings. The summed E-state index contributed by atoms with van der Waals surface area (Å²) in [7, 11) is 0. The first kappa shape index (κ1) is 15.5. The highest BCUT2D eigenvalue weighted by Gasteiger charge is 2.27. The molecule has 1 aliphatic heterocycles. The molecule has 2 heterocycles. The molecule has 1 saturated carbocycles. The summed E-state index contributed by atoms with van der Waals surface area (Å²) in [5, 5.41) is 3.23. The summed E-state index contributed by atoms with van der Waals surface area (Å²) in [6.07, 6.45) is 13.1. The molecule has 1 saturated heterocycles. The van der Waals surface area contributed by atoms with E-state index in [1.807, 2.05) is 12.1 Å². The van der Waals surface area contributed by atoms with Crippen molar-refractivity contribution in [3.05, 3.63) is 30.1 Å². The molecule has 1 amide bonds. The largest absolute Gasteiger partial charge is 0.352 e. The maximum absolute atomic E-state index is 12.2. The lowest BCUT2D eigenvalue weighted by Crippen LogP contribution is -2.51. The summed E-state index contributed by atoms with van der Waals surface area (Å²) < 4.78 is 0. The van der Waals surface area contributed by atoms with Crippen molar-refractivity contribution in [3.8, 4) is 0 Å². The first-order valence-electron chi connectivity index (χ1n) is 8.73. The first-order valence-corrected chi connectivity index (χ1v) is 8.73. The monoisotopic (exact) mass is 301 g/mol. The van der Waals surface area contributed by atoms with Crippen LogP contribution in [0.4, 0.5) is 0 Å². The Balaban J connectivity index is 1.48. The molecule has 1 aliphatic carbocycles. The Kier molecular flexibility index (Phi) is 5.43. The number of aromatic nitrogens is 1. The fourth-order valence-corrected chi connectivity index (χ4v) is 3.87. The molecular formula is C18H27N3O. The maximum Gasteiger partial charge on any atom is 0.224 e. The van der Waals surface area contributed by atoms with Gasteiger partial charge in [0, 0.05) is 31.0 Å². The van der Waals surface area contributed by atoms with Gasteiger partial charge in [-0.15, -0.1) is 0 Å². The molecule has 2 aliphatic rings. The van der Waals surface area contributed by atoms with Gasteiger partial charge in [-0.2, -0.15) is 0 Å². The van der Waals surface area contributed by atoms with Crippen LogP contribution in [0.2, 0.25) is 0 Å². The van der Waals surface area contributed by atoms with E-state index in [9.17, 15) is 4.79 Å². The maximum atomic E-state index is 12.2. The van der Waals surface area contributed by atoms with Crippen LogP contribution in [0.3, 0.4) is 0 Å². The molecule has 4 nitrogen and oxygen atoms in total. The molecule has 3 rings (SSSR count). The lowest BCUT2D eigenvalue weighted by molar-refractivity contribution is -0.121. The van der Waals surface area contributed by atoms with Gasteiger partial charge in [-0.25, -0.2) is 0 Å². The van der Waals surface area contributed by atoms with Crippen molar-refractivity contribution >= 4 is 5.91 Å². The molecular weight excluding hydrogens is 274 g/mol. The summed E-state index contributed by atoms with van der Waals surface area (Å²) in [6.45, 7) is 2.24. The van der Waals surface area contributed by atoms with E-state index in [0.717, 1.165) is 24.6 Å². The number of rotatable bonds is 4. The third-order valence-electron chi connectivity index (χ3n) is 5.00. The van der Waals surface area contributed by atoms with E-state index < -0.39 is 0 Å². The number of nitrogens with one attached hydrogen (secondary N) is 1. The molecule has 1 aromatic rings. The van der Waals surface area contributed by atoms with Crippen LogP contribution >= 0.6 is 0 Å². The third-order valence-corrected chi connectivity index (χ3v) is 5.00. The van der Waals surface area contributed by atoms with Gasteiger partial charge in [-0.1, -0.05) is 25.3 Å². The molecule has 0 radical (unpaired) electrons. The second kappa shape index (κ2) is 7.73. The fraction of sp³-hybridized carbons (Fsp3) is 0.667. The Bertz CT molecular complexity index is 470. The van der Waals surface area contributed by atoms with Crippen LogP contribution in [0.25, 0.3) is 0 Å². The van der Waals surface area contributed by atoms with E-state index in [1.54, 1.807) is 12.4 Å². The molecule has 0 aromatic carbocycles. The Morgan fingerprint density at radius 3 is 2.86 bits per heavy atom. The number of hydrogen-bond acceptors (Lipinski definition) is 3. The first-order chi connectivity index (χ1) is 10.8. The van der Waals surface area contributed by atoms with Crippen molar-refractivity contribution in [1.82, 2.24) is 15.2 Å². The van der Waals surface area contributed by atoms with Crippen molar-refractivity contribution in [2.45, 2.75) is 63.5 Å². The highest BCUT2D eigenvalue weighted by atomic mass is 16.1. The van der Waals surface area contributed by atoms with E-state index in [1.165, 1.54) is 45.1 Å². The third kappa shape index (κ3) is 4.29. The second-order valence-corrected chi connectivity index (χ2v) is 6.73. The van der Waals surface area contributed by atoms with Gasteiger partial charge in [0.2, 0.25) is 5.91 Å². The topological polar surface area (TPSA) is 45.2 Å². The van der Waals surface area contributed by atoms with Crippen LogP contribution in [-0.2, 0) is 11.2 Å². The second-order valence-electron chi connectivity index (χ2n) is 6.73. The number of carbonyl (C=O) groups excluding carboxylic acids is 1. The highest BCUT2D eigenvalue weighted by Crippen LogP contribution is 2.25. The smallest absolute Gasteiger partial charge is 0.224 e. The highest BCUT2D eigenvalue weighted by molar-refractivity contribution is 5.78. The number of nitrogens with zero attached hydrogens (tertiary/aromatic N) is 2. The van der Waals surface area contributed by atoms with E-state index >= 15 is 0 Å². The van der Waals surface area contributed by atoms with Crippen LogP contribution in [0.15, 0.2) is 24.5 Å². The van der Waals surface area contributed by atoms with Crippen molar-refractivity contribution < 1.29 is 4.79 Å². The SMILES string of the molecule is O=C(Cc1cccnc1)N[C@H]1CCCN(C2CCCCC2)C1. The van der Waals surface area contributed by atoms with Crippen LogP contribution in [0, 0.1) is 0 Å². The molecule has 1 N–H and O–H groups in total. The quantitative estimate of drug-likeness (QED) is 0.929. The van der Waals surface area contributed by atoms with E-state index in [0.29, 0.717) is 12.5 Å². The average Bonchev–Trinajstić information content (AvgIpc) is 2.57. The van der Waals surface area contributed by atoms with Gasteiger partial charge in [0.15, 0.2) is 0 Å². The zero-order chi connectivity index (χ0) is 15.2. The Morgan fingerprint density at radius 1 is 1.23 bits per heavy atom. The summed E-state index contributed by atoms with van der Waals surface area (Å²) in [5.74, 6) is 0.128. The lowest BCUT2D eigenvalue weighted by Gasteiger charge is -2.40. The van der Waals surface area contributed by atoms with Crippen LogP contribution in [0.5, 0.6) is 0 Å². The summed E-state index contributed by atoms with van der Waals surface area (Å²) in [5.41, 5.74) is 0.986. The number of likely N-dealkylation sites (tertiary alicyclic amines) is 1. The summed E-state index contributed by atoms with van der Waals surface area (Å²) >= 11 is 0. The van der Waals surface area contributed by atoms with Crippen LogP contribution < -0.4 is 5.32 Å². The normalized spacial score (nSPS) is 24.1. The molecule has 120 valence electrons. The number of hydrogen-bond donors (Lipinski definition) is 1. The van der Waals surface area contributed by atoms with Crippen LogP contribution in [-0.4, -0.2) is 41.0 Å². The zero-order valence-electron chi connectivity index (χ0n) is 13.3. The van der Waals surface area contributed by atoms with Crippen molar-refractivity contribution in [1.29, 1.82) is 0 Å². The zero-order valence-corrected chi connectivity index (χ0v) is 13.3. The molecule has 4 heteroatoms. The molecule has 0 spiro atoms. The van der Waals surface area contributed by atoms with Gasteiger partial charge < -0.3 is 5.32 Å². The number of pyridine rings is 1. The molecule has 0 unspecified atom stereocenters. The number of amides is 1. The predicted octanol–water partition coefficient (Wildman–Crippen LogP) is 2.54. The van der Waals surface area contributed by atoms with Gasteiger partial charge in [0.05, 0.1) is 6.42 Å². The van der Waals surface area contributed by atoms with Crippen molar-refractivity contribution in [2.24, 2.45) is 0 Å². The minimum atomic E-state index is 0.128. The standard InChI is InChI=1S/C18H27N3O/c22-18(12-15-6-4-10-19-13-15)20-16-7-5-11-21(14-16)17-8-2-1-3-9-17/h4,6,10,13,16-17H,1-3,5,7-9,11-12,14H2,(H,20,22)/t16-/m0/s1. The minimum absolute atomic E-state index is 0.128. The van der Waals surface area contributed by atoms with Gasteiger partial charge in [0.1, 0.15) is 0 Å². The lowest BCUT2D eigenvalue weighted by atomic mass is 9.92.